The highest BCUT2D eigenvalue weighted by Gasteiger charge is 2.39. The van der Waals surface area contributed by atoms with Crippen LogP contribution in [0.4, 0.5) is 19.0 Å². The van der Waals surface area contributed by atoms with Crippen molar-refractivity contribution in [2.24, 2.45) is 5.92 Å². The van der Waals surface area contributed by atoms with E-state index in [1.165, 1.54) is 0 Å². The average Bonchev–Trinajstić information content (AvgIpc) is 3.45. The van der Waals surface area contributed by atoms with Crippen LogP contribution < -0.4 is 10.6 Å². The summed E-state index contributed by atoms with van der Waals surface area (Å²) in [6.07, 6.45) is 1.69. The molecule has 7 nitrogen and oxygen atoms in total. The average molecular weight is 505 g/mol. The van der Waals surface area contributed by atoms with E-state index < -0.39 is 12.1 Å². The van der Waals surface area contributed by atoms with Crippen LogP contribution >= 0.6 is 11.6 Å². The van der Waals surface area contributed by atoms with E-state index in [-0.39, 0.29) is 18.4 Å². The van der Waals surface area contributed by atoms with Crippen molar-refractivity contribution in [3.63, 3.8) is 0 Å². The van der Waals surface area contributed by atoms with Crippen LogP contribution in [0.2, 0.25) is 5.02 Å². The van der Waals surface area contributed by atoms with Crippen molar-refractivity contribution in [1.29, 1.82) is 0 Å². The molecular formula is C24H24ClF3N6O. The Labute approximate surface area is 204 Å². The lowest BCUT2D eigenvalue weighted by atomic mass is 9.81. The molecule has 11 heteroatoms. The van der Waals surface area contributed by atoms with Gasteiger partial charge in [0.15, 0.2) is 5.82 Å². The van der Waals surface area contributed by atoms with Crippen LogP contribution in [0.25, 0.3) is 27.8 Å². The first-order valence-electron chi connectivity index (χ1n) is 11.4. The third kappa shape index (κ3) is 4.42. The Hall–Kier alpha value is -3.27. The van der Waals surface area contributed by atoms with Crippen molar-refractivity contribution in [3.8, 4) is 11.4 Å². The first-order chi connectivity index (χ1) is 16.8. The maximum Gasteiger partial charge on any atom is 0.471 e. The molecule has 1 aliphatic rings. The van der Waals surface area contributed by atoms with E-state index in [2.05, 4.69) is 15.3 Å². The van der Waals surface area contributed by atoms with Gasteiger partial charge in [0.2, 0.25) is 0 Å². The summed E-state index contributed by atoms with van der Waals surface area (Å²) in [6, 6.07) is 7.72. The van der Waals surface area contributed by atoms with E-state index >= 15 is 0 Å². The van der Waals surface area contributed by atoms with Gasteiger partial charge in [-0.3, -0.25) is 9.20 Å². The van der Waals surface area contributed by atoms with Crippen molar-refractivity contribution in [3.05, 3.63) is 47.5 Å². The first kappa shape index (κ1) is 23.5. The van der Waals surface area contributed by atoms with Gasteiger partial charge in [0.25, 0.3) is 0 Å². The summed E-state index contributed by atoms with van der Waals surface area (Å²) in [5, 5.41) is 6.77. The molecule has 3 heterocycles. The molecule has 0 spiro atoms. The SMILES string of the molecule is CNc1nccn2c1c(-c1cc3cccc(Cl)c3[nH]1)nc2[C@H]1CC[C@H](CNC(=O)C(F)(F)F)CC1. The van der Waals surface area contributed by atoms with Crippen LogP contribution in [0.1, 0.15) is 37.4 Å². The summed E-state index contributed by atoms with van der Waals surface area (Å²) < 4.78 is 39.5. The van der Waals surface area contributed by atoms with Crippen molar-refractivity contribution in [2.75, 3.05) is 18.9 Å². The normalized spacial score (nSPS) is 18.8. The van der Waals surface area contributed by atoms with Crippen molar-refractivity contribution >= 4 is 39.7 Å². The zero-order valence-corrected chi connectivity index (χ0v) is 19.7. The summed E-state index contributed by atoms with van der Waals surface area (Å²) in [5.74, 6) is -0.167. The molecule has 35 heavy (non-hydrogen) atoms. The summed E-state index contributed by atoms with van der Waals surface area (Å²) in [6.45, 7) is 0.0301. The molecule has 1 saturated carbocycles. The molecule has 4 aromatic rings. The topological polar surface area (TPSA) is 87.1 Å². The monoisotopic (exact) mass is 504 g/mol. The maximum atomic E-state index is 12.5. The van der Waals surface area contributed by atoms with Crippen LogP contribution in [0.15, 0.2) is 36.7 Å². The molecular weight excluding hydrogens is 481 g/mol. The van der Waals surface area contributed by atoms with E-state index in [4.69, 9.17) is 16.6 Å². The van der Waals surface area contributed by atoms with Crippen LogP contribution in [-0.2, 0) is 4.79 Å². The second kappa shape index (κ2) is 9.07. The molecule has 0 saturated heterocycles. The number of alkyl halides is 3. The van der Waals surface area contributed by atoms with Gasteiger partial charge >= 0.3 is 12.1 Å². The predicted octanol–water partition coefficient (Wildman–Crippen LogP) is 5.53. The Morgan fingerprint density at radius 1 is 1.26 bits per heavy atom. The Morgan fingerprint density at radius 2 is 2.03 bits per heavy atom. The predicted molar refractivity (Wildman–Crippen MR) is 129 cm³/mol. The van der Waals surface area contributed by atoms with Crippen LogP contribution in [0, 0.1) is 5.92 Å². The van der Waals surface area contributed by atoms with Crippen molar-refractivity contribution < 1.29 is 18.0 Å². The molecule has 1 aliphatic carbocycles. The number of aromatic nitrogens is 4. The molecule has 0 aliphatic heterocycles. The van der Waals surface area contributed by atoms with E-state index in [0.29, 0.717) is 23.7 Å². The molecule has 5 rings (SSSR count). The first-order valence-corrected chi connectivity index (χ1v) is 11.8. The number of halogens is 4. The molecule has 0 bridgehead atoms. The molecule has 0 atom stereocenters. The Morgan fingerprint density at radius 3 is 2.71 bits per heavy atom. The molecule has 1 amide bonds. The van der Waals surface area contributed by atoms with Gasteiger partial charge in [0, 0.05) is 37.3 Å². The molecule has 3 aromatic heterocycles. The second-order valence-electron chi connectivity index (χ2n) is 8.88. The van der Waals surface area contributed by atoms with Crippen LogP contribution in [0.5, 0.6) is 0 Å². The van der Waals surface area contributed by atoms with Gasteiger partial charge in [-0.05, 0) is 43.7 Å². The Kier molecular flexibility index (Phi) is 6.08. The molecule has 0 unspecified atom stereocenters. The minimum Gasteiger partial charge on any atom is -0.371 e. The van der Waals surface area contributed by atoms with Gasteiger partial charge in [-0.25, -0.2) is 9.97 Å². The summed E-state index contributed by atoms with van der Waals surface area (Å²) in [7, 11) is 1.81. The van der Waals surface area contributed by atoms with E-state index in [1.807, 2.05) is 40.2 Å². The number of benzene rings is 1. The number of H-pyrrole nitrogens is 1. The van der Waals surface area contributed by atoms with Gasteiger partial charge in [0.05, 0.1) is 16.2 Å². The Balaban J connectivity index is 1.44. The highest BCUT2D eigenvalue weighted by molar-refractivity contribution is 6.35. The number of aromatic amines is 1. The van der Waals surface area contributed by atoms with E-state index in [0.717, 1.165) is 46.5 Å². The maximum absolute atomic E-state index is 12.5. The van der Waals surface area contributed by atoms with E-state index in [9.17, 15) is 18.0 Å². The van der Waals surface area contributed by atoms with Gasteiger partial charge < -0.3 is 15.6 Å². The lowest BCUT2D eigenvalue weighted by Crippen LogP contribution is -2.40. The number of nitrogens with one attached hydrogen (secondary N) is 3. The summed E-state index contributed by atoms with van der Waals surface area (Å²) in [5.41, 5.74) is 3.25. The number of nitrogens with zero attached hydrogens (tertiary/aromatic N) is 3. The number of hydrogen-bond acceptors (Lipinski definition) is 4. The zero-order chi connectivity index (χ0) is 24.7. The Bertz CT molecular complexity index is 1390. The zero-order valence-electron chi connectivity index (χ0n) is 18.9. The van der Waals surface area contributed by atoms with Gasteiger partial charge in [0.1, 0.15) is 17.0 Å². The standard InChI is InChI=1S/C24H24ClF3N6O/c1-29-21-20-19(17-11-15-3-2-4-16(25)18(15)32-17)33-22(34(20)10-9-30-21)14-7-5-13(6-8-14)12-31-23(35)24(26,27)28/h2-4,9-11,13-14,32H,5-8,12H2,1H3,(H,29,30)(H,31,35)/t13-,14-. The summed E-state index contributed by atoms with van der Waals surface area (Å²) >= 11 is 6.38. The number of carbonyl (C=O) groups excluding carboxylic acids is 1. The largest absolute Gasteiger partial charge is 0.471 e. The van der Waals surface area contributed by atoms with Crippen molar-refractivity contribution in [1.82, 2.24) is 24.7 Å². The molecule has 0 radical (unpaired) electrons. The van der Waals surface area contributed by atoms with Crippen LogP contribution in [0.3, 0.4) is 0 Å². The number of fused-ring (bicyclic) bond motifs is 2. The number of amides is 1. The van der Waals surface area contributed by atoms with Crippen LogP contribution in [-0.4, -0.2) is 45.0 Å². The third-order valence-corrected chi connectivity index (χ3v) is 7.01. The third-order valence-electron chi connectivity index (χ3n) is 6.70. The molecule has 1 aromatic carbocycles. The molecule has 1 fully saturated rings. The fraction of sp³-hybridized carbons (Fsp3) is 0.375. The number of anilines is 1. The quantitative estimate of drug-likeness (QED) is 0.334. The number of rotatable bonds is 5. The van der Waals surface area contributed by atoms with Gasteiger partial charge in [-0.2, -0.15) is 13.2 Å². The minimum absolute atomic E-state index is 0.00799. The van der Waals surface area contributed by atoms with E-state index in [1.54, 1.807) is 13.2 Å². The molecule has 184 valence electrons. The minimum atomic E-state index is -4.85. The molecule has 3 N–H and O–H groups in total. The van der Waals surface area contributed by atoms with Gasteiger partial charge in [-0.15, -0.1) is 0 Å². The lowest BCUT2D eigenvalue weighted by molar-refractivity contribution is -0.173. The number of carbonyl (C=O) groups is 1. The second-order valence-corrected chi connectivity index (χ2v) is 9.28. The van der Waals surface area contributed by atoms with Gasteiger partial charge in [-0.1, -0.05) is 23.7 Å². The number of para-hydroxylation sites is 1. The fourth-order valence-electron chi connectivity index (χ4n) is 4.93. The smallest absolute Gasteiger partial charge is 0.371 e. The summed E-state index contributed by atoms with van der Waals surface area (Å²) in [4.78, 5) is 24.1. The van der Waals surface area contributed by atoms with Crippen molar-refractivity contribution in [2.45, 2.75) is 37.8 Å². The highest BCUT2D eigenvalue weighted by Crippen LogP contribution is 2.39. The number of imidazole rings is 1. The lowest BCUT2D eigenvalue weighted by Gasteiger charge is -2.28. The fourth-order valence-corrected chi connectivity index (χ4v) is 5.16. The highest BCUT2D eigenvalue weighted by atomic mass is 35.5. The number of hydrogen-bond donors (Lipinski definition) is 3.